The lowest BCUT2D eigenvalue weighted by molar-refractivity contribution is -0.144. The second-order valence-electron chi connectivity index (χ2n) is 5.69. The van der Waals surface area contributed by atoms with Crippen molar-refractivity contribution in [2.24, 2.45) is 0 Å². The van der Waals surface area contributed by atoms with Gasteiger partial charge in [-0.25, -0.2) is 0 Å². The van der Waals surface area contributed by atoms with Crippen LogP contribution in [0.2, 0.25) is 0 Å². The molecule has 0 aromatic heterocycles. The van der Waals surface area contributed by atoms with Gasteiger partial charge in [0.05, 0.1) is 12.7 Å². The van der Waals surface area contributed by atoms with E-state index in [-0.39, 0.29) is 6.10 Å². The summed E-state index contributed by atoms with van der Waals surface area (Å²) in [6, 6.07) is 0.474. The summed E-state index contributed by atoms with van der Waals surface area (Å²) in [6.07, 6.45) is 2.88. The van der Waals surface area contributed by atoms with Gasteiger partial charge >= 0.3 is 5.97 Å². The first-order chi connectivity index (χ1) is 8.92. The molecule has 1 heterocycles. The summed E-state index contributed by atoms with van der Waals surface area (Å²) in [4.78, 5) is 13.6. The van der Waals surface area contributed by atoms with Crippen LogP contribution in [0.25, 0.3) is 0 Å². The molecule has 0 aliphatic carbocycles. The van der Waals surface area contributed by atoms with E-state index in [1.54, 1.807) is 14.0 Å². The monoisotopic (exact) mass is 272 g/mol. The van der Waals surface area contributed by atoms with Crippen LogP contribution in [0.15, 0.2) is 0 Å². The number of aliphatic carboxylic acids is 1. The lowest BCUT2D eigenvalue weighted by atomic mass is 9.95. The van der Waals surface area contributed by atoms with E-state index in [1.165, 1.54) is 0 Å². The van der Waals surface area contributed by atoms with Gasteiger partial charge < -0.3 is 15.2 Å². The molecule has 1 aliphatic rings. The number of carboxylic acids is 1. The minimum atomic E-state index is -0.820. The minimum absolute atomic E-state index is 0.276. The third-order valence-electron chi connectivity index (χ3n) is 4.20. The molecule has 1 aliphatic heterocycles. The van der Waals surface area contributed by atoms with Gasteiger partial charge in [0.15, 0.2) is 0 Å². The van der Waals surface area contributed by atoms with E-state index in [2.05, 4.69) is 24.1 Å². The molecule has 3 atom stereocenters. The molecule has 0 bridgehead atoms. The van der Waals surface area contributed by atoms with Gasteiger partial charge in [-0.15, -0.1) is 0 Å². The number of likely N-dealkylation sites (N-methyl/N-ethyl adjacent to an activating group) is 1. The summed E-state index contributed by atoms with van der Waals surface area (Å²) in [7, 11) is 1.71. The van der Waals surface area contributed by atoms with Crippen molar-refractivity contribution in [3.63, 3.8) is 0 Å². The maximum atomic E-state index is 11.2. The number of rotatable bonds is 7. The molecule has 0 aromatic carbocycles. The van der Waals surface area contributed by atoms with Gasteiger partial charge in [-0.2, -0.15) is 0 Å². The highest BCUT2D eigenvalue weighted by Gasteiger charge is 2.31. The van der Waals surface area contributed by atoms with Gasteiger partial charge in [-0.3, -0.25) is 9.69 Å². The van der Waals surface area contributed by atoms with Crippen LogP contribution >= 0.6 is 0 Å². The van der Waals surface area contributed by atoms with E-state index in [9.17, 15) is 9.90 Å². The number of carboxylic acid groups (broad SMARTS) is 1. The first-order valence-corrected chi connectivity index (χ1v) is 7.21. The van der Waals surface area contributed by atoms with E-state index in [0.717, 1.165) is 32.5 Å². The first kappa shape index (κ1) is 16.4. The Bertz CT molecular complexity index is 298. The Kier molecular flexibility index (Phi) is 6.23. The molecule has 0 saturated carbocycles. The van der Waals surface area contributed by atoms with Crippen LogP contribution < -0.4 is 5.32 Å². The largest absolute Gasteiger partial charge is 0.480 e. The molecular formula is C14H28N2O3. The molecule has 0 spiro atoms. The normalized spacial score (nSPS) is 28.0. The fraction of sp³-hybridized carbons (Fsp3) is 0.929. The smallest absolute Gasteiger partial charge is 0.323 e. The highest BCUT2D eigenvalue weighted by atomic mass is 16.5. The maximum absolute atomic E-state index is 11.2. The second kappa shape index (κ2) is 7.22. The van der Waals surface area contributed by atoms with Crippen LogP contribution in [0.5, 0.6) is 0 Å². The topological polar surface area (TPSA) is 61.8 Å². The fourth-order valence-corrected chi connectivity index (χ4v) is 2.54. The standard InChI is InChI=1S/C14H28N2O3/c1-5-12-10-19-11(2)9-16(12)8-6-7-14(3,15-4)13(17)18/h11-12,15H,5-10H2,1-4H3,(H,17,18). The van der Waals surface area contributed by atoms with Crippen molar-refractivity contribution >= 4 is 5.97 Å². The summed E-state index contributed by atoms with van der Waals surface area (Å²) in [5, 5.41) is 12.1. The predicted molar refractivity (Wildman–Crippen MR) is 75.4 cm³/mol. The molecule has 3 unspecified atom stereocenters. The maximum Gasteiger partial charge on any atom is 0.323 e. The summed E-state index contributed by atoms with van der Waals surface area (Å²) in [5.74, 6) is -0.780. The molecule has 5 nitrogen and oxygen atoms in total. The molecule has 0 amide bonds. The average Bonchev–Trinajstić information content (AvgIpc) is 2.38. The van der Waals surface area contributed by atoms with Crippen molar-refractivity contribution < 1.29 is 14.6 Å². The Morgan fingerprint density at radius 3 is 2.79 bits per heavy atom. The van der Waals surface area contributed by atoms with Crippen molar-refractivity contribution in [3.05, 3.63) is 0 Å². The van der Waals surface area contributed by atoms with Crippen LogP contribution in [0.4, 0.5) is 0 Å². The number of hydrogen-bond acceptors (Lipinski definition) is 4. The number of nitrogens with zero attached hydrogens (tertiary/aromatic N) is 1. The Hall–Kier alpha value is -0.650. The van der Waals surface area contributed by atoms with Crippen molar-refractivity contribution in [3.8, 4) is 0 Å². The van der Waals surface area contributed by atoms with E-state index in [0.29, 0.717) is 12.5 Å². The Balaban J connectivity index is 2.44. The van der Waals surface area contributed by atoms with E-state index >= 15 is 0 Å². The lowest BCUT2D eigenvalue weighted by Crippen LogP contribution is -2.50. The van der Waals surface area contributed by atoms with Crippen molar-refractivity contribution in [2.45, 2.75) is 57.7 Å². The Labute approximate surface area is 116 Å². The van der Waals surface area contributed by atoms with Crippen molar-refractivity contribution in [2.75, 3.05) is 26.7 Å². The zero-order chi connectivity index (χ0) is 14.5. The number of ether oxygens (including phenoxy) is 1. The number of carbonyl (C=O) groups is 1. The molecule has 2 N–H and O–H groups in total. The third-order valence-corrected chi connectivity index (χ3v) is 4.20. The zero-order valence-electron chi connectivity index (χ0n) is 12.6. The number of morpholine rings is 1. The van der Waals surface area contributed by atoms with Crippen molar-refractivity contribution in [1.29, 1.82) is 0 Å². The molecule has 112 valence electrons. The molecule has 1 saturated heterocycles. The van der Waals surface area contributed by atoms with Gasteiger partial charge in [-0.05, 0) is 46.7 Å². The number of nitrogens with one attached hydrogen (secondary N) is 1. The lowest BCUT2D eigenvalue weighted by Gasteiger charge is -2.38. The van der Waals surface area contributed by atoms with Crippen LogP contribution in [0, 0.1) is 0 Å². The van der Waals surface area contributed by atoms with E-state index in [1.807, 2.05) is 0 Å². The van der Waals surface area contributed by atoms with Gasteiger partial charge in [0.25, 0.3) is 0 Å². The van der Waals surface area contributed by atoms with E-state index in [4.69, 9.17) is 4.74 Å². The molecule has 0 radical (unpaired) electrons. The second-order valence-corrected chi connectivity index (χ2v) is 5.69. The SMILES string of the molecule is CCC1COC(C)CN1CCCC(C)(NC)C(=O)O. The fourth-order valence-electron chi connectivity index (χ4n) is 2.54. The van der Waals surface area contributed by atoms with Crippen molar-refractivity contribution in [1.82, 2.24) is 10.2 Å². The number of hydrogen-bond donors (Lipinski definition) is 2. The van der Waals surface area contributed by atoms with E-state index < -0.39 is 11.5 Å². The zero-order valence-corrected chi connectivity index (χ0v) is 12.6. The Morgan fingerprint density at radius 2 is 2.26 bits per heavy atom. The van der Waals surface area contributed by atoms with Gasteiger partial charge in [0.2, 0.25) is 0 Å². The summed E-state index contributed by atoms with van der Waals surface area (Å²) >= 11 is 0. The first-order valence-electron chi connectivity index (χ1n) is 7.21. The highest BCUT2D eigenvalue weighted by molar-refractivity contribution is 5.78. The van der Waals surface area contributed by atoms with Gasteiger partial charge in [-0.1, -0.05) is 6.92 Å². The molecule has 1 rings (SSSR count). The van der Waals surface area contributed by atoms with Crippen LogP contribution in [-0.2, 0) is 9.53 Å². The molecule has 19 heavy (non-hydrogen) atoms. The van der Waals surface area contributed by atoms with Crippen LogP contribution in [-0.4, -0.2) is 60.4 Å². The summed E-state index contributed by atoms with van der Waals surface area (Å²) in [5.41, 5.74) is -0.820. The summed E-state index contributed by atoms with van der Waals surface area (Å²) in [6.45, 7) is 8.69. The van der Waals surface area contributed by atoms with Crippen LogP contribution in [0.1, 0.15) is 40.0 Å². The molecule has 5 heteroatoms. The quantitative estimate of drug-likeness (QED) is 0.732. The molecular weight excluding hydrogens is 244 g/mol. The minimum Gasteiger partial charge on any atom is -0.480 e. The molecule has 0 aromatic rings. The third kappa shape index (κ3) is 4.44. The predicted octanol–water partition coefficient (Wildman–Crippen LogP) is 1.33. The average molecular weight is 272 g/mol. The van der Waals surface area contributed by atoms with Gasteiger partial charge in [0.1, 0.15) is 5.54 Å². The van der Waals surface area contributed by atoms with Crippen LogP contribution in [0.3, 0.4) is 0 Å². The highest BCUT2D eigenvalue weighted by Crippen LogP contribution is 2.18. The summed E-state index contributed by atoms with van der Waals surface area (Å²) < 4.78 is 5.67. The Morgan fingerprint density at radius 1 is 1.58 bits per heavy atom. The van der Waals surface area contributed by atoms with Gasteiger partial charge in [0, 0.05) is 12.6 Å². The molecule has 1 fully saturated rings.